The van der Waals surface area contributed by atoms with Crippen LogP contribution in [0, 0.1) is 6.92 Å². The Morgan fingerprint density at radius 3 is 2.72 bits per heavy atom. The van der Waals surface area contributed by atoms with Gasteiger partial charge in [-0.3, -0.25) is 0 Å². The van der Waals surface area contributed by atoms with Crippen molar-refractivity contribution in [1.82, 2.24) is 15.0 Å². The lowest BCUT2D eigenvalue weighted by Crippen LogP contribution is -2.02. The smallest absolute Gasteiger partial charge is 0.180 e. The van der Waals surface area contributed by atoms with Gasteiger partial charge >= 0.3 is 0 Å². The van der Waals surface area contributed by atoms with Crippen LogP contribution in [0.1, 0.15) is 35.5 Å². The molecule has 0 radical (unpaired) electrons. The van der Waals surface area contributed by atoms with E-state index in [2.05, 4.69) is 15.0 Å². The Morgan fingerprint density at radius 2 is 1.94 bits per heavy atom. The minimum absolute atomic E-state index is 0.613. The lowest BCUT2D eigenvalue weighted by molar-refractivity contribution is 0.709. The Kier molecular flexibility index (Phi) is 3.31. The van der Waals surface area contributed by atoms with E-state index in [1.54, 1.807) is 11.3 Å². The Labute approximate surface area is 115 Å². The predicted molar refractivity (Wildman–Crippen MR) is 74.1 cm³/mol. The number of aryl methyl sites for hydroxylation is 2. The van der Waals surface area contributed by atoms with Gasteiger partial charge in [0.25, 0.3) is 0 Å². The van der Waals surface area contributed by atoms with Crippen molar-refractivity contribution in [3.8, 4) is 11.5 Å². The van der Waals surface area contributed by atoms with E-state index >= 15 is 0 Å². The van der Waals surface area contributed by atoms with E-state index in [0.717, 1.165) is 34.8 Å². The maximum Gasteiger partial charge on any atom is 0.180 e. The first-order valence-electron chi connectivity index (χ1n) is 6.22. The maximum atomic E-state index is 6.30. The Balaban J connectivity index is 2.07. The molecule has 3 nitrogen and oxygen atoms in total. The van der Waals surface area contributed by atoms with Crippen molar-refractivity contribution in [2.75, 3.05) is 0 Å². The van der Waals surface area contributed by atoms with Gasteiger partial charge in [0.05, 0.1) is 5.01 Å². The summed E-state index contributed by atoms with van der Waals surface area (Å²) in [5, 5.41) is 3.63. The fourth-order valence-corrected chi connectivity index (χ4v) is 3.18. The van der Waals surface area contributed by atoms with Gasteiger partial charge in [0, 0.05) is 16.6 Å². The lowest BCUT2D eigenvalue weighted by atomic mass is 10.1. The number of nitrogens with zero attached hydrogens (tertiary/aromatic N) is 3. The van der Waals surface area contributed by atoms with Gasteiger partial charge in [0.1, 0.15) is 10.8 Å². The number of rotatable bonds is 1. The highest BCUT2D eigenvalue weighted by Gasteiger charge is 2.17. The average Bonchev–Trinajstić information content (AvgIpc) is 2.63. The summed E-state index contributed by atoms with van der Waals surface area (Å²) in [6, 6.07) is 0. The molecule has 0 bridgehead atoms. The van der Waals surface area contributed by atoms with Gasteiger partial charge in [-0.1, -0.05) is 18.0 Å². The van der Waals surface area contributed by atoms with Crippen molar-refractivity contribution < 1.29 is 0 Å². The summed E-state index contributed by atoms with van der Waals surface area (Å²) >= 11 is 7.91. The standard InChI is InChI=1S/C13H14ClN3S/c1-8-15-11(7-18-8)13-16-10-6-4-2-3-5-9(10)12(14)17-13/h7H,2-6H2,1H3. The number of thiazole rings is 1. The summed E-state index contributed by atoms with van der Waals surface area (Å²) in [6.45, 7) is 1.99. The average molecular weight is 280 g/mol. The van der Waals surface area contributed by atoms with Crippen molar-refractivity contribution in [2.24, 2.45) is 0 Å². The van der Waals surface area contributed by atoms with Crippen LogP contribution in [0.4, 0.5) is 0 Å². The van der Waals surface area contributed by atoms with E-state index in [1.165, 1.54) is 19.3 Å². The van der Waals surface area contributed by atoms with Gasteiger partial charge in [-0.2, -0.15) is 0 Å². The summed E-state index contributed by atoms with van der Waals surface area (Å²) < 4.78 is 0. The van der Waals surface area contributed by atoms with E-state index in [1.807, 2.05) is 12.3 Å². The second-order valence-corrected chi connectivity index (χ2v) is 6.00. The molecule has 1 aliphatic rings. The molecule has 0 aromatic carbocycles. The largest absolute Gasteiger partial charge is 0.238 e. The first kappa shape index (κ1) is 12.1. The molecule has 0 amide bonds. The van der Waals surface area contributed by atoms with E-state index in [-0.39, 0.29) is 0 Å². The highest BCUT2D eigenvalue weighted by molar-refractivity contribution is 7.09. The third kappa shape index (κ3) is 2.27. The third-order valence-electron chi connectivity index (χ3n) is 3.23. The number of halogens is 1. The van der Waals surface area contributed by atoms with Crippen molar-refractivity contribution in [2.45, 2.75) is 39.0 Å². The zero-order valence-electron chi connectivity index (χ0n) is 10.2. The second-order valence-electron chi connectivity index (χ2n) is 4.58. The van der Waals surface area contributed by atoms with E-state index in [9.17, 15) is 0 Å². The van der Waals surface area contributed by atoms with E-state index in [4.69, 9.17) is 11.6 Å². The summed E-state index contributed by atoms with van der Waals surface area (Å²) in [4.78, 5) is 13.5. The highest BCUT2D eigenvalue weighted by atomic mass is 35.5. The second kappa shape index (κ2) is 4.94. The quantitative estimate of drug-likeness (QED) is 0.588. The van der Waals surface area contributed by atoms with Gasteiger partial charge < -0.3 is 0 Å². The SMILES string of the molecule is Cc1nc(-c2nc(Cl)c3c(n2)CCCCC3)cs1. The molecule has 3 rings (SSSR count). The Morgan fingerprint density at radius 1 is 1.11 bits per heavy atom. The van der Waals surface area contributed by atoms with Gasteiger partial charge in [0.15, 0.2) is 5.82 Å². The summed E-state index contributed by atoms with van der Waals surface area (Å²) in [7, 11) is 0. The van der Waals surface area contributed by atoms with Gasteiger partial charge in [-0.05, 0) is 32.6 Å². The van der Waals surface area contributed by atoms with Crippen molar-refractivity contribution in [3.63, 3.8) is 0 Å². The van der Waals surface area contributed by atoms with Crippen molar-refractivity contribution in [3.05, 3.63) is 26.8 Å². The molecule has 0 saturated heterocycles. The topological polar surface area (TPSA) is 38.7 Å². The fourth-order valence-electron chi connectivity index (χ4n) is 2.31. The van der Waals surface area contributed by atoms with E-state index < -0.39 is 0 Å². The van der Waals surface area contributed by atoms with Gasteiger partial charge in [-0.25, -0.2) is 15.0 Å². The molecule has 0 aliphatic heterocycles. The molecule has 0 unspecified atom stereocenters. The zero-order valence-corrected chi connectivity index (χ0v) is 11.8. The van der Waals surface area contributed by atoms with Crippen LogP contribution in [-0.2, 0) is 12.8 Å². The highest BCUT2D eigenvalue weighted by Crippen LogP contribution is 2.28. The monoisotopic (exact) mass is 279 g/mol. The molecule has 94 valence electrons. The van der Waals surface area contributed by atoms with Crippen molar-refractivity contribution >= 4 is 22.9 Å². The molecule has 2 heterocycles. The minimum atomic E-state index is 0.613. The molecule has 0 saturated carbocycles. The fraction of sp³-hybridized carbons (Fsp3) is 0.462. The normalized spacial score (nSPS) is 15.2. The van der Waals surface area contributed by atoms with Crippen LogP contribution in [0.15, 0.2) is 5.38 Å². The number of hydrogen-bond donors (Lipinski definition) is 0. The molecule has 2 aromatic rings. The van der Waals surface area contributed by atoms with Gasteiger partial charge in [0.2, 0.25) is 0 Å². The van der Waals surface area contributed by atoms with Crippen LogP contribution in [0.25, 0.3) is 11.5 Å². The van der Waals surface area contributed by atoms with E-state index in [0.29, 0.717) is 11.0 Å². The zero-order chi connectivity index (χ0) is 12.5. The maximum absolute atomic E-state index is 6.30. The molecule has 5 heteroatoms. The number of fused-ring (bicyclic) bond motifs is 1. The van der Waals surface area contributed by atoms with Crippen LogP contribution in [0.5, 0.6) is 0 Å². The van der Waals surface area contributed by atoms with Crippen LogP contribution in [0.2, 0.25) is 5.15 Å². The first-order valence-corrected chi connectivity index (χ1v) is 7.47. The third-order valence-corrected chi connectivity index (χ3v) is 4.32. The molecule has 0 fully saturated rings. The van der Waals surface area contributed by atoms with Crippen LogP contribution >= 0.6 is 22.9 Å². The number of hydrogen-bond acceptors (Lipinski definition) is 4. The minimum Gasteiger partial charge on any atom is -0.238 e. The molecule has 18 heavy (non-hydrogen) atoms. The van der Waals surface area contributed by atoms with Crippen molar-refractivity contribution in [1.29, 1.82) is 0 Å². The Hall–Kier alpha value is -1.00. The Bertz CT molecular complexity index is 580. The summed E-state index contributed by atoms with van der Waals surface area (Å²) in [5.74, 6) is 0.671. The van der Waals surface area contributed by atoms with Gasteiger partial charge in [-0.15, -0.1) is 11.3 Å². The molecule has 0 atom stereocenters. The summed E-state index contributed by atoms with van der Waals surface area (Å²) in [6.07, 6.45) is 5.64. The molecule has 0 spiro atoms. The predicted octanol–water partition coefficient (Wildman–Crippen LogP) is 3.83. The summed E-state index contributed by atoms with van der Waals surface area (Å²) in [5.41, 5.74) is 3.10. The molecule has 2 aromatic heterocycles. The molecular weight excluding hydrogens is 266 g/mol. The molecular formula is C13H14ClN3S. The molecule has 1 aliphatic carbocycles. The molecule has 0 N–H and O–H groups in total. The van der Waals surface area contributed by atoms with Crippen LogP contribution in [-0.4, -0.2) is 15.0 Å². The van der Waals surface area contributed by atoms with Crippen LogP contribution in [0.3, 0.4) is 0 Å². The number of aromatic nitrogens is 3. The lowest BCUT2D eigenvalue weighted by Gasteiger charge is -2.08. The van der Waals surface area contributed by atoms with Crippen LogP contribution < -0.4 is 0 Å². The first-order chi connectivity index (χ1) is 8.74.